The van der Waals surface area contributed by atoms with Crippen LogP contribution in [0.4, 0.5) is 11.5 Å². The lowest BCUT2D eigenvalue weighted by molar-refractivity contribution is 0.0977. The fraction of sp³-hybridized carbons (Fsp3) is 0.0556. The summed E-state index contributed by atoms with van der Waals surface area (Å²) in [6, 6.07) is 18.5. The van der Waals surface area contributed by atoms with E-state index in [0.717, 1.165) is 22.4 Å². The van der Waals surface area contributed by atoms with E-state index in [1.54, 1.807) is 24.3 Å². The van der Waals surface area contributed by atoms with Crippen molar-refractivity contribution in [2.75, 3.05) is 17.7 Å². The number of nitrogens with one attached hydrogen (secondary N) is 3. The minimum Gasteiger partial charge on any atom is -0.373 e. The van der Waals surface area contributed by atoms with Crippen LogP contribution in [0.3, 0.4) is 0 Å². The maximum absolute atomic E-state index is 12.1. The Balaban J connectivity index is 1.70. The fourth-order valence-corrected chi connectivity index (χ4v) is 2.48. The number of carbonyl (C=O) groups excluding carboxylic acids is 1. The van der Waals surface area contributed by atoms with E-state index in [-0.39, 0.29) is 11.0 Å². The predicted molar refractivity (Wildman–Crippen MR) is 101 cm³/mol. The summed E-state index contributed by atoms with van der Waals surface area (Å²) in [4.78, 5) is 16.5. The molecule has 0 unspecified atom stereocenters. The van der Waals surface area contributed by atoms with Crippen molar-refractivity contribution in [2.24, 2.45) is 0 Å². The van der Waals surface area contributed by atoms with Gasteiger partial charge in [0.1, 0.15) is 5.82 Å². The van der Waals surface area contributed by atoms with Crippen molar-refractivity contribution in [3.63, 3.8) is 0 Å². The van der Waals surface area contributed by atoms with Gasteiger partial charge >= 0.3 is 0 Å². The molecule has 0 aliphatic carbocycles. The Bertz CT molecular complexity index is 896. The zero-order valence-corrected chi connectivity index (χ0v) is 13.9. The van der Waals surface area contributed by atoms with Gasteiger partial charge in [-0.2, -0.15) is 0 Å². The Hall–Kier alpha value is -2.99. The zero-order valence-electron chi connectivity index (χ0n) is 13.0. The number of pyridine rings is 1. The Kier molecular flexibility index (Phi) is 4.67. The van der Waals surface area contributed by atoms with Gasteiger partial charge in [0.05, 0.1) is 5.52 Å². The molecule has 3 aromatic rings. The molecule has 0 aliphatic heterocycles. The second-order valence-electron chi connectivity index (χ2n) is 5.13. The second kappa shape index (κ2) is 7.06. The highest BCUT2D eigenvalue weighted by molar-refractivity contribution is 7.80. The maximum Gasteiger partial charge on any atom is 0.257 e. The van der Waals surface area contributed by atoms with E-state index in [1.807, 2.05) is 43.4 Å². The molecule has 0 spiro atoms. The quantitative estimate of drug-likeness (QED) is 0.640. The molecule has 0 bridgehead atoms. The lowest BCUT2D eigenvalue weighted by atomic mass is 10.2. The molecule has 1 amide bonds. The van der Waals surface area contributed by atoms with Crippen LogP contribution in [0.1, 0.15) is 10.4 Å². The summed E-state index contributed by atoms with van der Waals surface area (Å²) >= 11 is 5.21. The van der Waals surface area contributed by atoms with E-state index in [4.69, 9.17) is 12.2 Å². The molecule has 3 N–H and O–H groups in total. The van der Waals surface area contributed by atoms with E-state index in [2.05, 4.69) is 20.9 Å². The summed E-state index contributed by atoms with van der Waals surface area (Å²) < 4.78 is 0. The van der Waals surface area contributed by atoms with Gasteiger partial charge in [-0.05, 0) is 54.7 Å². The Morgan fingerprint density at radius 1 is 1.04 bits per heavy atom. The number of amides is 1. The summed E-state index contributed by atoms with van der Waals surface area (Å²) in [5, 5.41) is 9.93. The van der Waals surface area contributed by atoms with Gasteiger partial charge in [0.25, 0.3) is 5.91 Å². The maximum atomic E-state index is 12.1. The van der Waals surface area contributed by atoms with E-state index >= 15 is 0 Å². The van der Waals surface area contributed by atoms with Gasteiger partial charge in [-0.15, -0.1) is 0 Å². The molecule has 5 nitrogen and oxygen atoms in total. The van der Waals surface area contributed by atoms with Crippen molar-refractivity contribution < 1.29 is 4.79 Å². The van der Waals surface area contributed by atoms with Crippen LogP contribution in [0.25, 0.3) is 10.9 Å². The molecule has 1 aromatic heterocycles. The van der Waals surface area contributed by atoms with E-state index < -0.39 is 0 Å². The number of rotatable bonds is 3. The van der Waals surface area contributed by atoms with E-state index in [9.17, 15) is 4.79 Å². The summed E-state index contributed by atoms with van der Waals surface area (Å²) in [5.41, 5.74) is 2.23. The van der Waals surface area contributed by atoms with Crippen LogP contribution in [-0.4, -0.2) is 23.1 Å². The summed E-state index contributed by atoms with van der Waals surface area (Å²) in [6.07, 6.45) is 0. The molecule has 0 saturated carbocycles. The van der Waals surface area contributed by atoms with Crippen LogP contribution < -0.4 is 16.0 Å². The molecule has 0 aliphatic rings. The van der Waals surface area contributed by atoms with Crippen LogP contribution in [0.5, 0.6) is 0 Å². The van der Waals surface area contributed by atoms with Crippen molar-refractivity contribution in [3.05, 3.63) is 66.2 Å². The zero-order chi connectivity index (χ0) is 16.9. The number of fused-ring (bicyclic) bond motifs is 1. The number of aromatic nitrogens is 1. The van der Waals surface area contributed by atoms with Gasteiger partial charge in [0.2, 0.25) is 0 Å². The number of benzene rings is 2. The molecule has 1 heterocycles. The lowest BCUT2D eigenvalue weighted by Crippen LogP contribution is -2.34. The number of hydrogen-bond donors (Lipinski definition) is 3. The molecule has 2 aromatic carbocycles. The molecular weight excluding hydrogens is 320 g/mol. The third-order valence-corrected chi connectivity index (χ3v) is 3.67. The molecule has 120 valence electrons. The molecule has 3 rings (SSSR count). The number of carbonyl (C=O) groups is 1. The predicted octanol–water partition coefficient (Wildman–Crippen LogP) is 3.40. The van der Waals surface area contributed by atoms with Gasteiger partial charge in [-0.1, -0.05) is 18.2 Å². The smallest absolute Gasteiger partial charge is 0.257 e. The minimum absolute atomic E-state index is 0.241. The Morgan fingerprint density at radius 2 is 1.83 bits per heavy atom. The van der Waals surface area contributed by atoms with Crippen molar-refractivity contribution in [1.29, 1.82) is 0 Å². The van der Waals surface area contributed by atoms with Gasteiger partial charge in [-0.3, -0.25) is 10.1 Å². The minimum atomic E-state index is -0.241. The number of hydrogen-bond acceptors (Lipinski definition) is 4. The lowest BCUT2D eigenvalue weighted by Gasteiger charge is -2.10. The van der Waals surface area contributed by atoms with Crippen LogP contribution in [0, 0.1) is 0 Å². The first-order chi connectivity index (χ1) is 11.7. The highest BCUT2D eigenvalue weighted by Gasteiger charge is 2.07. The molecule has 24 heavy (non-hydrogen) atoms. The molecule has 0 saturated heterocycles. The number of thiocarbonyl (C=S) groups is 1. The number of nitrogens with zero attached hydrogens (tertiary/aromatic N) is 1. The van der Waals surface area contributed by atoms with E-state index in [1.165, 1.54) is 0 Å². The first kappa shape index (κ1) is 15.9. The highest BCUT2D eigenvalue weighted by Crippen LogP contribution is 2.19. The first-order valence-electron chi connectivity index (χ1n) is 7.41. The fourth-order valence-electron chi connectivity index (χ4n) is 2.27. The number of anilines is 2. The second-order valence-corrected chi connectivity index (χ2v) is 5.54. The third kappa shape index (κ3) is 3.67. The summed E-state index contributed by atoms with van der Waals surface area (Å²) in [7, 11) is 1.83. The first-order valence-corrected chi connectivity index (χ1v) is 7.82. The SMILES string of the molecule is CNc1ccc2cc(NC(=S)NC(=O)c3ccccc3)ccc2n1. The molecule has 0 radical (unpaired) electrons. The highest BCUT2D eigenvalue weighted by atomic mass is 32.1. The average molecular weight is 336 g/mol. The standard InChI is InChI=1S/C18H16N4OS/c1-19-16-10-7-13-11-14(8-9-15(13)21-16)20-18(24)22-17(23)12-5-3-2-4-6-12/h2-11H,1H3,(H,19,21)(H2,20,22,23,24). The Labute approximate surface area is 145 Å². The molecule has 6 heteroatoms. The van der Waals surface area contributed by atoms with Crippen molar-refractivity contribution in [2.45, 2.75) is 0 Å². The van der Waals surface area contributed by atoms with Crippen LogP contribution in [0.15, 0.2) is 60.7 Å². The van der Waals surface area contributed by atoms with Crippen molar-refractivity contribution >= 4 is 45.6 Å². The molecule has 0 fully saturated rings. The van der Waals surface area contributed by atoms with Crippen LogP contribution in [-0.2, 0) is 0 Å². The van der Waals surface area contributed by atoms with Gasteiger partial charge in [0.15, 0.2) is 5.11 Å². The topological polar surface area (TPSA) is 66.0 Å². The monoisotopic (exact) mass is 336 g/mol. The van der Waals surface area contributed by atoms with Crippen molar-refractivity contribution in [3.8, 4) is 0 Å². The van der Waals surface area contributed by atoms with E-state index in [0.29, 0.717) is 5.56 Å². The Morgan fingerprint density at radius 3 is 2.58 bits per heavy atom. The average Bonchev–Trinajstić information content (AvgIpc) is 2.61. The summed E-state index contributed by atoms with van der Waals surface area (Å²) in [6.45, 7) is 0. The van der Waals surface area contributed by atoms with Gasteiger partial charge in [-0.25, -0.2) is 4.98 Å². The van der Waals surface area contributed by atoms with Gasteiger partial charge < -0.3 is 10.6 Å². The summed E-state index contributed by atoms with van der Waals surface area (Å²) in [5.74, 6) is 0.572. The van der Waals surface area contributed by atoms with Gasteiger partial charge in [0, 0.05) is 23.7 Å². The third-order valence-electron chi connectivity index (χ3n) is 3.47. The van der Waals surface area contributed by atoms with Crippen molar-refractivity contribution in [1.82, 2.24) is 10.3 Å². The largest absolute Gasteiger partial charge is 0.373 e. The van der Waals surface area contributed by atoms with Crippen LogP contribution in [0.2, 0.25) is 0 Å². The van der Waals surface area contributed by atoms with Crippen LogP contribution >= 0.6 is 12.2 Å². The molecule has 0 atom stereocenters. The normalized spacial score (nSPS) is 10.2. The molecular formula is C18H16N4OS.